The molecule has 0 saturated carbocycles. The van der Waals surface area contributed by atoms with E-state index in [2.05, 4.69) is 16.6 Å². The number of hydrogen-bond donors (Lipinski definition) is 0. The third kappa shape index (κ3) is 2.57. The molecular formula is C10H11ClN2O. The van der Waals surface area contributed by atoms with Crippen LogP contribution in [-0.4, -0.2) is 18.0 Å². The van der Waals surface area contributed by atoms with Gasteiger partial charge in [-0.1, -0.05) is 18.2 Å². The lowest BCUT2D eigenvalue weighted by Crippen LogP contribution is -2.26. The summed E-state index contributed by atoms with van der Waals surface area (Å²) in [5.41, 5.74) is 0. The molecule has 0 bridgehead atoms. The monoisotopic (exact) mass is 210 g/mol. The van der Waals surface area contributed by atoms with Gasteiger partial charge in [-0.15, -0.1) is 0 Å². The SMILES string of the molecule is C=c1nccc(Cl)/c1=C/N=C(\C)OC. The summed E-state index contributed by atoms with van der Waals surface area (Å²) in [6, 6.07) is 1.69. The maximum Gasteiger partial charge on any atom is 0.184 e. The number of nitrogens with zero attached hydrogens (tertiary/aromatic N) is 2. The first-order valence-electron chi connectivity index (χ1n) is 4.03. The van der Waals surface area contributed by atoms with Crippen molar-refractivity contribution >= 4 is 30.3 Å². The normalized spacial score (nSPS) is 13.1. The Hall–Kier alpha value is -1.35. The molecule has 0 N–H and O–H groups in total. The van der Waals surface area contributed by atoms with E-state index < -0.39 is 0 Å². The van der Waals surface area contributed by atoms with Crippen LogP contribution in [-0.2, 0) is 4.74 Å². The van der Waals surface area contributed by atoms with E-state index in [0.29, 0.717) is 21.5 Å². The van der Waals surface area contributed by atoms with Gasteiger partial charge in [-0.2, -0.15) is 0 Å². The second-order valence-corrected chi connectivity index (χ2v) is 3.04. The molecule has 0 aliphatic carbocycles. The summed E-state index contributed by atoms with van der Waals surface area (Å²) in [6.45, 7) is 5.50. The van der Waals surface area contributed by atoms with Gasteiger partial charge in [0.05, 0.1) is 17.5 Å². The van der Waals surface area contributed by atoms with Gasteiger partial charge in [-0.05, 0) is 6.07 Å². The van der Waals surface area contributed by atoms with Crippen LogP contribution in [0.1, 0.15) is 6.92 Å². The number of aromatic nitrogens is 1. The van der Waals surface area contributed by atoms with Crippen LogP contribution in [0.15, 0.2) is 17.3 Å². The second kappa shape index (κ2) is 4.77. The van der Waals surface area contributed by atoms with E-state index in [1.165, 1.54) is 0 Å². The van der Waals surface area contributed by atoms with Crippen LogP contribution < -0.4 is 10.6 Å². The summed E-state index contributed by atoms with van der Waals surface area (Å²) in [5, 5.41) is 1.90. The van der Waals surface area contributed by atoms with Crippen LogP contribution in [0.4, 0.5) is 0 Å². The summed E-state index contributed by atoms with van der Waals surface area (Å²) >= 11 is 5.93. The van der Waals surface area contributed by atoms with Crippen molar-refractivity contribution < 1.29 is 4.74 Å². The molecule has 74 valence electrons. The lowest BCUT2D eigenvalue weighted by atomic mass is 10.4. The molecule has 0 radical (unpaired) electrons. The molecule has 0 unspecified atom stereocenters. The van der Waals surface area contributed by atoms with E-state index in [0.717, 1.165) is 0 Å². The summed E-state index contributed by atoms with van der Waals surface area (Å²) in [5.74, 6) is 0.560. The number of hydrogen-bond acceptors (Lipinski definition) is 3. The zero-order chi connectivity index (χ0) is 10.6. The summed E-state index contributed by atoms with van der Waals surface area (Å²) < 4.78 is 4.89. The van der Waals surface area contributed by atoms with E-state index in [1.54, 1.807) is 32.5 Å². The van der Waals surface area contributed by atoms with Gasteiger partial charge >= 0.3 is 0 Å². The minimum Gasteiger partial charge on any atom is -0.484 e. The number of ether oxygens (including phenoxy) is 1. The van der Waals surface area contributed by atoms with Crippen molar-refractivity contribution in [3.8, 4) is 0 Å². The number of pyridine rings is 1. The Labute approximate surface area is 87.4 Å². The quantitative estimate of drug-likeness (QED) is 0.511. The maximum atomic E-state index is 5.93. The Kier molecular flexibility index (Phi) is 3.65. The topological polar surface area (TPSA) is 34.5 Å². The van der Waals surface area contributed by atoms with Crippen molar-refractivity contribution in [3.05, 3.63) is 27.9 Å². The number of halogens is 1. The van der Waals surface area contributed by atoms with Crippen molar-refractivity contribution in [2.45, 2.75) is 6.92 Å². The molecule has 0 aliphatic rings. The van der Waals surface area contributed by atoms with Crippen LogP contribution >= 0.6 is 11.6 Å². The molecule has 0 spiro atoms. The standard InChI is InChI=1S/C10H11ClN2O/c1-7-9(6-13-8(2)14-3)10(11)4-5-12-7/h4-6H,1H2,2-3H3/b9-6+,13-8+. The molecule has 3 nitrogen and oxygen atoms in total. The molecule has 1 heterocycles. The van der Waals surface area contributed by atoms with Crippen molar-refractivity contribution in [2.75, 3.05) is 7.11 Å². The van der Waals surface area contributed by atoms with Crippen molar-refractivity contribution in [1.82, 2.24) is 4.98 Å². The molecule has 0 saturated heterocycles. The third-order valence-corrected chi connectivity index (χ3v) is 2.02. The lowest BCUT2D eigenvalue weighted by molar-refractivity contribution is 0.400. The van der Waals surface area contributed by atoms with Gasteiger partial charge in [-0.3, -0.25) is 4.98 Å². The molecule has 1 rings (SSSR count). The van der Waals surface area contributed by atoms with Gasteiger partial charge in [-0.25, -0.2) is 4.99 Å². The number of rotatable bonds is 1. The van der Waals surface area contributed by atoms with E-state index in [4.69, 9.17) is 16.3 Å². The highest BCUT2D eigenvalue weighted by atomic mass is 35.5. The fourth-order valence-corrected chi connectivity index (χ4v) is 1.05. The Balaban J connectivity index is 3.26. The average molecular weight is 211 g/mol. The Bertz CT molecular complexity index is 454. The zero-order valence-corrected chi connectivity index (χ0v) is 8.88. The van der Waals surface area contributed by atoms with Gasteiger partial charge in [0.2, 0.25) is 0 Å². The average Bonchev–Trinajstić information content (AvgIpc) is 2.16. The predicted molar refractivity (Wildman–Crippen MR) is 58.6 cm³/mol. The fraction of sp³-hybridized carbons (Fsp3) is 0.200. The van der Waals surface area contributed by atoms with E-state index in [1.807, 2.05) is 0 Å². The molecular weight excluding hydrogens is 200 g/mol. The largest absolute Gasteiger partial charge is 0.484 e. The Morgan fingerprint density at radius 1 is 1.71 bits per heavy atom. The molecule has 0 aliphatic heterocycles. The fourth-order valence-electron chi connectivity index (χ4n) is 0.834. The first-order chi connectivity index (χ1) is 6.65. The number of methoxy groups -OCH3 is 1. The highest BCUT2D eigenvalue weighted by Gasteiger charge is 1.91. The first-order valence-corrected chi connectivity index (χ1v) is 4.41. The summed E-state index contributed by atoms with van der Waals surface area (Å²) in [4.78, 5) is 8.05. The smallest absolute Gasteiger partial charge is 0.184 e. The predicted octanol–water partition coefficient (Wildman–Crippen LogP) is 0.948. The van der Waals surface area contributed by atoms with Crippen LogP contribution in [0.3, 0.4) is 0 Å². The van der Waals surface area contributed by atoms with E-state index in [9.17, 15) is 0 Å². The molecule has 0 fully saturated rings. The molecule has 14 heavy (non-hydrogen) atoms. The molecule has 1 aromatic heterocycles. The van der Waals surface area contributed by atoms with Crippen LogP contribution in [0, 0.1) is 0 Å². The van der Waals surface area contributed by atoms with E-state index in [-0.39, 0.29) is 0 Å². The van der Waals surface area contributed by atoms with Gasteiger partial charge in [0.15, 0.2) is 5.90 Å². The van der Waals surface area contributed by atoms with Crippen molar-refractivity contribution in [1.29, 1.82) is 0 Å². The number of aliphatic imine (C=N–C) groups is 1. The maximum absolute atomic E-state index is 5.93. The third-order valence-electron chi connectivity index (χ3n) is 1.69. The van der Waals surface area contributed by atoms with Crippen molar-refractivity contribution in [2.24, 2.45) is 4.99 Å². The molecule has 4 heteroatoms. The Morgan fingerprint density at radius 3 is 3.00 bits per heavy atom. The van der Waals surface area contributed by atoms with Crippen LogP contribution in [0.25, 0.3) is 12.8 Å². The van der Waals surface area contributed by atoms with Crippen molar-refractivity contribution in [3.63, 3.8) is 0 Å². The highest BCUT2D eigenvalue weighted by Crippen LogP contribution is 1.95. The molecule has 0 amide bonds. The highest BCUT2D eigenvalue weighted by molar-refractivity contribution is 6.30. The summed E-state index contributed by atoms with van der Waals surface area (Å²) in [6.07, 6.45) is 3.20. The minimum atomic E-state index is 0.560. The van der Waals surface area contributed by atoms with E-state index >= 15 is 0 Å². The van der Waals surface area contributed by atoms with Gasteiger partial charge in [0.1, 0.15) is 0 Å². The van der Waals surface area contributed by atoms with Crippen LogP contribution in [0.2, 0.25) is 5.02 Å². The summed E-state index contributed by atoms with van der Waals surface area (Å²) in [7, 11) is 1.56. The van der Waals surface area contributed by atoms with Gasteiger partial charge < -0.3 is 4.74 Å². The van der Waals surface area contributed by atoms with Crippen LogP contribution in [0.5, 0.6) is 0 Å². The minimum absolute atomic E-state index is 0.560. The first kappa shape index (κ1) is 10.7. The second-order valence-electron chi connectivity index (χ2n) is 2.63. The molecule has 0 atom stereocenters. The zero-order valence-electron chi connectivity index (χ0n) is 8.12. The molecule has 1 aromatic rings. The molecule has 0 aromatic carbocycles. The van der Waals surface area contributed by atoms with Gasteiger partial charge in [0, 0.05) is 24.5 Å². The Morgan fingerprint density at radius 2 is 2.43 bits per heavy atom. The van der Waals surface area contributed by atoms with Gasteiger partial charge in [0.25, 0.3) is 0 Å². The lowest BCUT2D eigenvalue weighted by Gasteiger charge is -1.94.